The minimum absolute atomic E-state index is 0.189. The third kappa shape index (κ3) is 3.29. The lowest BCUT2D eigenvalue weighted by molar-refractivity contribution is -0.124. The molecule has 0 spiro atoms. The van der Waals surface area contributed by atoms with Gasteiger partial charge in [0.25, 0.3) is 10.0 Å². The summed E-state index contributed by atoms with van der Waals surface area (Å²) in [4.78, 5) is 14.1. The Morgan fingerprint density at radius 3 is 2.44 bits per heavy atom. The van der Waals surface area contributed by atoms with Crippen LogP contribution in [0.25, 0.3) is 0 Å². The minimum Gasteiger partial charge on any atom is -0.277 e. The predicted octanol–water partition coefficient (Wildman–Crippen LogP) is 1.02. The van der Waals surface area contributed by atoms with Gasteiger partial charge in [-0.1, -0.05) is 13.8 Å². The van der Waals surface area contributed by atoms with Crippen LogP contribution in [0.15, 0.2) is 16.3 Å². The van der Waals surface area contributed by atoms with Gasteiger partial charge in [0.15, 0.2) is 0 Å². The van der Waals surface area contributed by atoms with Crippen molar-refractivity contribution in [2.24, 2.45) is 5.92 Å². The van der Waals surface area contributed by atoms with Gasteiger partial charge in [-0.25, -0.2) is 8.42 Å². The molecule has 90 valence electrons. The third-order valence-corrected chi connectivity index (χ3v) is 4.55. The number of hydrogen-bond donors (Lipinski definition) is 2. The SMILES string of the molecule is Cc1ccc(S(=O)(=O)NNC(=O)C(C)C)s1. The van der Waals surface area contributed by atoms with E-state index in [4.69, 9.17) is 0 Å². The summed E-state index contributed by atoms with van der Waals surface area (Å²) in [5.41, 5.74) is 2.16. The second-order valence-electron chi connectivity index (χ2n) is 3.61. The van der Waals surface area contributed by atoms with Crippen LogP contribution in [0.1, 0.15) is 18.7 Å². The molecule has 0 unspecified atom stereocenters. The Morgan fingerprint density at radius 1 is 1.38 bits per heavy atom. The zero-order valence-corrected chi connectivity index (χ0v) is 10.9. The Kier molecular flexibility index (Phi) is 4.06. The first-order valence-corrected chi connectivity index (χ1v) is 7.01. The molecule has 1 rings (SSSR count). The summed E-state index contributed by atoms with van der Waals surface area (Å²) < 4.78 is 23.5. The summed E-state index contributed by atoms with van der Waals surface area (Å²) in [5, 5.41) is 0. The lowest BCUT2D eigenvalue weighted by atomic mass is 10.2. The Labute approximate surface area is 98.9 Å². The van der Waals surface area contributed by atoms with Crippen LogP contribution >= 0.6 is 11.3 Å². The highest BCUT2D eigenvalue weighted by molar-refractivity contribution is 7.91. The second-order valence-corrected chi connectivity index (χ2v) is 6.81. The van der Waals surface area contributed by atoms with Gasteiger partial charge in [-0.3, -0.25) is 10.2 Å². The molecule has 0 bridgehead atoms. The van der Waals surface area contributed by atoms with E-state index in [9.17, 15) is 13.2 Å². The Bertz CT molecular complexity index is 477. The van der Waals surface area contributed by atoms with Crippen LogP contribution in [0.4, 0.5) is 0 Å². The van der Waals surface area contributed by atoms with Crippen LogP contribution in [-0.4, -0.2) is 14.3 Å². The van der Waals surface area contributed by atoms with Gasteiger partial charge in [-0.15, -0.1) is 16.2 Å². The molecule has 0 aliphatic carbocycles. The van der Waals surface area contributed by atoms with Crippen molar-refractivity contribution < 1.29 is 13.2 Å². The van der Waals surface area contributed by atoms with Crippen LogP contribution in [-0.2, 0) is 14.8 Å². The number of hydrazine groups is 1. The van der Waals surface area contributed by atoms with Crippen LogP contribution in [0.5, 0.6) is 0 Å². The molecule has 0 aromatic carbocycles. The Balaban J connectivity index is 2.70. The molecule has 1 heterocycles. The number of carbonyl (C=O) groups is 1. The monoisotopic (exact) mass is 262 g/mol. The molecule has 0 aliphatic rings. The van der Waals surface area contributed by atoms with Crippen molar-refractivity contribution in [2.75, 3.05) is 0 Å². The van der Waals surface area contributed by atoms with Gasteiger partial charge in [0.05, 0.1) is 0 Å². The maximum Gasteiger partial charge on any atom is 0.266 e. The van der Waals surface area contributed by atoms with Gasteiger partial charge in [-0.05, 0) is 19.1 Å². The number of amides is 1. The van der Waals surface area contributed by atoms with Gasteiger partial charge in [0.2, 0.25) is 5.91 Å². The summed E-state index contributed by atoms with van der Waals surface area (Å²) in [7, 11) is -3.63. The standard InChI is InChI=1S/C9H14N2O3S2/c1-6(2)9(12)10-11-16(13,14)8-5-4-7(3)15-8/h4-6,11H,1-3H3,(H,10,12). The maximum absolute atomic E-state index is 11.7. The quantitative estimate of drug-likeness (QED) is 0.796. The second kappa shape index (κ2) is 4.94. The number of nitrogens with one attached hydrogen (secondary N) is 2. The summed E-state index contributed by atoms with van der Waals surface area (Å²) >= 11 is 1.15. The largest absolute Gasteiger partial charge is 0.277 e. The minimum atomic E-state index is -3.63. The topological polar surface area (TPSA) is 75.3 Å². The molecule has 0 radical (unpaired) electrons. The third-order valence-electron chi connectivity index (χ3n) is 1.81. The van der Waals surface area contributed by atoms with E-state index in [2.05, 4.69) is 10.3 Å². The van der Waals surface area contributed by atoms with Crippen molar-refractivity contribution in [2.45, 2.75) is 25.0 Å². The van der Waals surface area contributed by atoms with Crippen molar-refractivity contribution in [1.29, 1.82) is 0 Å². The van der Waals surface area contributed by atoms with Crippen molar-refractivity contribution in [3.8, 4) is 0 Å². The van der Waals surface area contributed by atoms with Crippen molar-refractivity contribution >= 4 is 27.3 Å². The summed E-state index contributed by atoms with van der Waals surface area (Å²) in [6.45, 7) is 5.17. The predicted molar refractivity (Wildman–Crippen MR) is 62.4 cm³/mol. The average Bonchev–Trinajstić information content (AvgIpc) is 2.61. The highest BCUT2D eigenvalue weighted by atomic mass is 32.2. The lowest BCUT2D eigenvalue weighted by Crippen LogP contribution is -2.43. The van der Waals surface area contributed by atoms with Crippen molar-refractivity contribution in [3.63, 3.8) is 0 Å². The van der Waals surface area contributed by atoms with E-state index in [1.807, 2.05) is 6.92 Å². The molecule has 2 N–H and O–H groups in total. The number of sulfonamides is 1. The van der Waals surface area contributed by atoms with Crippen LogP contribution in [0.3, 0.4) is 0 Å². The molecule has 0 atom stereocenters. The molecular weight excluding hydrogens is 248 g/mol. The van der Waals surface area contributed by atoms with Crippen LogP contribution in [0.2, 0.25) is 0 Å². The van der Waals surface area contributed by atoms with Gasteiger partial charge in [0, 0.05) is 10.8 Å². The zero-order chi connectivity index (χ0) is 12.3. The summed E-state index contributed by atoms with van der Waals surface area (Å²) in [6.07, 6.45) is 0. The molecule has 1 aromatic rings. The average molecular weight is 262 g/mol. The molecule has 1 amide bonds. The van der Waals surface area contributed by atoms with Gasteiger partial charge in [0.1, 0.15) is 4.21 Å². The van der Waals surface area contributed by atoms with Crippen molar-refractivity contribution in [1.82, 2.24) is 10.3 Å². The first kappa shape index (κ1) is 13.1. The Morgan fingerprint density at radius 2 is 2.00 bits per heavy atom. The van der Waals surface area contributed by atoms with E-state index >= 15 is 0 Å². The van der Waals surface area contributed by atoms with Gasteiger partial charge < -0.3 is 0 Å². The Hall–Kier alpha value is -0.920. The van der Waals surface area contributed by atoms with E-state index in [-0.39, 0.29) is 16.0 Å². The van der Waals surface area contributed by atoms with Crippen LogP contribution < -0.4 is 10.3 Å². The number of rotatable bonds is 4. The molecule has 16 heavy (non-hydrogen) atoms. The molecule has 1 aromatic heterocycles. The molecule has 5 nitrogen and oxygen atoms in total. The van der Waals surface area contributed by atoms with Crippen LogP contribution in [0, 0.1) is 12.8 Å². The molecular formula is C9H14N2O3S2. The fraction of sp³-hybridized carbons (Fsp3) is 0.444. The van der Waals surface area contributed by atoms with Crippen molar-refractivity contribution in [3.05, 3.63) is 17.0 Å². The first-order valence-electron chi connectivity index (χ1n) is 4.71. The van der Waals surface area contributed by atoms with E-state index in [0.29, 0.717) is 0 Å². The highest BCUT2D eigenvalue weighted by Gasteiger charge is 2.17. The fourth-order valence-corrected chi connectivity index (χ4v) is 3.00. The van der Waals surface area contributed by atoms with E-state index in [0.717, 1.165) is 16.2 Å². The number of hydrogen-bond acceptors (Lipinski definition) is 4. The smallest absolute Gasteiger partial charge is 0.266 e. The summed E-state index contributed by atoms with van der Waals surface area (Å²) in [5.74, 6) is -0.635. The van der Waals surface area contributed by atoms with Gasteiger partial charge in [-0.2, -0.15) is 0 Å². The molecule has 7 heteroatoms. The molecule has 0 aliphatic heterocycles. The maximum atomic E-state index is 11.7. The highest BCUT2D eigenvalue weighted by Crippen LogP contribution is 2.19. The number of thiophene rings is 1. The van der Waals surface area contributed by atoms with Gasteiger partial charge >= 0.3 is 0 Å². The lowest BCUT2D eigenvalue weighted by Gasteiger charge is -2.08. The first-order chi connectivity index (χ1) is 7.33. The summed E-state index contributed by atoms with van der Waals surface area (Å²) in [6, 6.07) is 3.22. The fourth-order valence-electron chi connectivity index (χ4n) is 0.869. The number of aryl methyl sites for hydroxylation is 1. The van der Waals surface area contributed by atoms with E-state index in [1.54, 1.807) is 19.9 Å². The molecule has 0 saturated carbocycles. The van der Waals surface area contributed by atoms with E-state index in [1.165, 1.54) is 6.07 Å². The number of carbonyl (C=O) groups excluding carboxylic acids is 1. The molecule has 0 fully saturated rings. The normalized spacial score (nSPS) is 11.8. The van der Waals surface area contributed by atoms with E-state index < -0.39 is 10.0 Å². The molecule has 0 saturated heterocycles. The zero-order valence-electron chi connectivity index (χ0n) is 9.27.